The Balaban J connectivity index is 2.31. The molecule has 1 aromatic rings. The fourth-order valence-electron chi connectivity index (χ4n) is 1.66. The van der Waals surface area contributed by atoms with Gasteiger partial charge in [0.2, 0.25) is 0 Å². The van der Waals surface area contributed by atoms with E-state index in [2.05, 4.69) is 35.1 Å². The van der Waals surface area contributed by atoms with Gasteiger partial charge in [-0.15, -0.1) is 0 Å². The minimum atomic E-state index is -0.359. The largest absolute Gasteiger partial charge is 0.380 e. The number of ether oxygens (including phenoxy) is 1. The quantitative estimate of drug-likeness (QED) is 0.423. The highest BCUT2D eigenvalue weighted by Crippen LogP contribution is 2.22. The van der Waals surface area contributed by atoms with Crippen molar-refractivity contribution in [3.05, 3.63) is 38.3 Å². The third-order valence-corrected chi connectivity index (χ3v) is 3.31. The maximum atomic E-state index is 10.9. The third kappa shape index (κ3) is 6.45. The molecule has 0 unspecified atom stereocenters. The van der Waals surface area contributed by atoms with Crippen LogP contribution in [0.4, 0.5) is 5.69 Å². The number of benzene rings is 1. The Morgan fingerprint density at radius 1 is 1.40 bits per heavy atom. The van der Waals surface area contributed by atoms with Crippen LogP contribution >= 0.6 is 15.9 Å². The van der Waals surface area contributed by atoms with Crippen molar-refractivity contribution < 1.29 is 9.66 Å². The topological polar surface area (TPSA) is 64.4 Å². The summed E-state index contributed by atoms with van der Waals surface area (Å²) >= 11 is 3.33. The molecule has 0 aliphatic heterocycles. The van der Waals surface area contributed by atoms with E-state index in [-0.39, 0.29) is 10.6 Å². The predicted molar refractivity (Wildman–Crippen MR) is 82.8 cm³/mol. The van der Waals surface area contributed by atoms with Crippen LogP contribution < -0.4 is 5.32 Å². The number of halogens is 1. The molecule has 0 amide bonds. The molecule has 5 nitrogen and oxygen atoms in total. The summed E-state index contributed by atoms with van der Waals surface area (Å²) in [5, 5.41) is 14.1. The summed E-state index contributed by atoms with van der Waals surface area (Å²) in [6.07, 6.45) is 1.05. The first-order valence-electron chi connectivity index (χ1n) is 6.72. The van der Waals surface area contributed by atoms with Gasteiger partial charge in [0.05, 0.1) is 11.5 Å². The summed E-state index contributed by atoms with van der Waals surface area (Å²) in [5.41, 5.74) is 0.813. The first kappa shape index (κ1) is 17.1. The van der Waals surface area contributed by atoms with Crippen LogP contribution in [0.3, 0.4) is 0 Å². The highest BCUT2D eigenvalue weighted by Gasteiger charge is 2.12. The molecule has 0 bridgehead atoms. The predicted octanol–water partition coefficient (Wildman–Crippen LogP) is 3.51. The maximum absolute atomic E-state index is 10.9. The fraction of sp³-hybridized carbons (Fsp3) is 0.571. The second-order valence-electron chi connectivity index (χ2n) is 5.00. The van der Waals surface area contributed by atoms with E-state index in [1.807, 2.05) is 0 Å². The van der Waals surface area contributed by atoms with Gasteiger partial charge in [-0.05, 0) is 24.5 Å². The zero-order valence-electron chi connectivity index (χ0n) is 11.9. The summed E-state index contributed by atoms with van der Waals surface area (Å²) in [5.74, 6) is 0.646. The van der Waals surface area contributed by atoms with Gasteiger partial charge in [-0.1, -0.05) is 29.8 Å². The van der Waals surface area contributed by atoms with Gasteiger partial charge in [-0.3, -0.25) is 10.1 Å². The molecule has 1 N–H and O–H groups in total. The van der Waals surface area contributed by atoms with Crippen molar-refractivity contribution in [3.8, 4) is 0 Å². The van der Waals surface area contributed by atoms with E-state index in [4.69, 9.17) is 4.74 Å². The molecule has 6 heteroatoms. The lowest BCUT2D eigenvalue weighted by Gasteiger charge is -2.08. The molecule has 1 aromatic carbocycles. The number of rotatable bonds is 9. The second kappa shape index (κ2) is 9.05. The van der Waals surface area contributed by atoms with Crippen molar-refractivity contribution in [1.82, 2.24) is 5.32 Å². The SMILES string of the molecule is CC(C)CCOCCNCc1cc(Br)ccc1[N+](=O)[O-]. The Bertz CT molecular complexity index is 438. The van der Waals surface area contributed by atoms with E-state index >= 15 is 0 Å². The summed E-state index contributed by atoms with van der Waals surface area (Å²) in [7, 11) is 0. The first-order chi connectivity index (χ1) is 9.50. The molecule has 0 aliphatic rings. The maximum Gasteiger partial charge on any atom is 0.273 e. The van der Waals surface area contributed by atoms with E-state index in [0.29, 0.717) is 31.2 Å². The number of nitro groups is 1. The van der Waals surface area contributed by atoms with E-state index in [1.165, 1.54) is 6.07 Å². The molecule has 0 heterocycles. The van der Waals surface area contributed by atoms with Crippen LogP contribution in [0.2, 0.25) is 0 Å². The zero-order valence-corrected chi connectivity index (χ0v) is 13.5. The Kier molecular flexibility index (Phi) is 7.72. The molecule has 20 heavy (non-hydrogen) atoms. The molecule has 0 fully saturated rings. The summed E-state index contributed by atoms with van der Waals surface area (Å²) in [6, 6.07) is 4.96. The standard InChI is InChI=1S/C14H21BrN2O3/c1-11(2)5-7-20-8-6-16-10-12-9-13(15)3-4-14(12)17(18)19/h3-4,9,11,16H,5-8,10H2,1-2H3. The molecule has 112 valence electrons. The van der Waals surface area contributed by atoms with E-state index in [1.54, 1.807) is 12.1 Å². The molecule has 0 aliphatic carbocycles. The van der Waals surface area contributed by atoms with Crippen LogP contribution in [0, 0.1) is 16.0 Å². The number of nitro benzene ring substituents is 1. The Morgan fingerprint density at radius 3 is 2.80 bits per heavy atom. The summed E-state index contributed by atoms with van der Waals surface area (Å²) in [4.78, 5) is 10.6. The van der Waals surface area contributed by atoms with Crippen LogP contribution in [0.5, 0.6) is 0 Å². The Morgan fingerprint density at radius 2 is 2.15 bits per heavy atom. The third-order valence-electron chi connectivity index (χ3n) is 2.82. The van der Waals surface area contributed by atoms with Crippen LogP contribution in [0.1, 0.15) is 25.8 Å². The van der Waals surface area contributed by atoms with E-state index in [0.717, 1.165) is 17.5 Å². The van der Waals surface area contributed by atoms with Gasteiger partial charge in [0, 0.05) is 35.8 Å². The molecular formula is C14H21BrN2O3. The van der Waals surface area contributed by atoms with Crippen molar-refractivity contribution in [2.45, 2.75) is 26.8 Å². The molecule has 0 atom stereocenters. The fourth-order valence-corrected chi connectivity index (χ4v) is 2.07. The highest BCUT2D eigenvalue weighted by molar-refractivity contribution is 9.10. The smallest absolute Gasteiger partial charge is 0.273 e. The number of nitrogens with zero attached hydrogens (tertiary/aromatic N) is 1. The van der Waals surface area contributed by atoms with Gasteiger partial charge in [-0.25, -0.2) is 0 Å². The lowest BCUT2D eigenvalue weighted by atomic mass is 10.1. The lowest BCUT2D eigenvalue weighted by molar-refractivity contribution is -0.385. The van der Waals surface area contributed by atoms with Crippen LogP contribution in [-0.2, 0) is 11.3 Å². The highest BCUT2D eigenvalue weighted by atomic mass is 79.9. The van der Waals surface area contributed by atoms with Crippen LogP contribution in [0.25, 0.3) is 0 Å². The van der Waals surface area contributed by atoms with Crippen LogP contribution in [-0.4, -0.2) is 24.7 Å². The van der Waals surface area contributed by atoms with Gasteiger partial charge in [0.15, 0.2) is 0 Å². The zero-order chi connectivity index (χ0) is 15.0. The lowest BCUT2D eigenvalue weighted by Crippen LogP contribution is -2.20. The van der Waals surface area contributed by atoms with Crippen molar-refractivity contribution >= 4 is 21.6 Å². The van der Waals surface area contributed by atoms with Gasteiger partial charge in [-0.2, -0.15) is 0 Å². The average molecular weight is 345 g/mol. The van der Waals surface area contributed by atoms with Crippen molar-refractivity contribution in [3.63, 3.8) is 0 Å². The van der Waals surface area contributed by atoms with E-state index in [9.17, 15) is 10.1 Å². The molecule has 0 saturated carbocycles. The molecular weight excluding hydrogens is 324 g/mol. The molecule has 1 rings (SSSR count). The second-order valence-corrected chi connectivity index (χ2v) is 5.92. The van der Waals surface area contributed by atoms with E-state index < -0.39 is 0 Å². The van der Waals surface area contributed by atoms with Gasteiger partial charge in [0.25, 0.3) is 5.69 Å². The summed E-state index contributed by atoms with van der Waals surface area (Å²) < 4.78 is 6.32. The van der Waals surface area contributed by atoms with Gasteiger partial charge >= 0.3 is 0 Å². The molecule has 0 aromatic heterocycles. The average Bonchev–Trinajstić information content (AvgIpc) is 2.37. The first-order valence-corrected chi connectivity index (χ1v) is 7.51. The number of hydrogen-bond donors (Lipinski definition) is 1. The molecule has 0 saturated heterocycles. The minimum Gasteiger partial charge on any atom is -0.380 e. The normalized spacial score (nSPS) is 11.0. The summed E-state index contributed by atoms with van der Waals surface area (Å²) in [6.45, 7) is 6.85. The monoisotopic (exact) mass is 344 g/mol. The van der Waals surface area contributed by atoms with Gasteiger partial charge < -0.3 is 10.1 Å². The number of nitrogens with one attached hydrogen (secondary N) is 1. The van der Waals surface area contributed by atoms with Crippen molar-refractivity contribution in [2.75, 3.05) is 19.8 Å². The Labute approximate surface area is 128 Å². The minimum absolute atomic E-state index is 0.140. The Hall–Kier alpha value is -0.980. The van der Waals surface area contributed by atoms with Crippen molar-refractivity contribution in [1.29, 1.82) is 0 Å². The number of hydrogen-bond acceptors (Lipinski definition) is 4. The van der Waals surface area contributed by atoms with Crippen LogP contribution in [0.15, 0.2) is 22.7 Å². The van der Waals surface area contributed by atoms with Gasteiger partial charge in [0.1, 0.15) is 0 Å². The molecule has 0 spiro atoms. The molecule has 0 radical (unpaired) electrons. The van der Waals surface area contributed by atoms with Crippen molar-refractivity contribution in [2.24, 2.45) is 5.92 Å².